The second-order valence-electron chi connectivity index (χ2n) is 5.17. The number of halogens is 2. The van der Waals surface area contributed by atoms with E-state index in [1.54, 1.807) is 18.2 Å². The van der Waals surface area contributed by atoms with Crippen molar-refractivity contribution in [3.8, 4) is 5.75 Å². The van der Waals surface area contributed by atoms with Crippen LogP contribution in [0.5, 0.6) is 5.75 Å². The lowest BCUT2D eigenvalue weighted by Gasteiger charge is -2.17. The topological polar surface area (TPSA) is 58.6 Å². The average molecular weight is 332 g/mol. The van der Waals surface area contributed by atoms with Gasteiger partial charge < -0.3 is 15.2 Å². The van der Waals surface area contributed by atoms with E-state index >= 15 is 0 Å². The Morgan fingerprint density at radius 1 is 1.43 bits per heavy atom. The van der Waals surface area contributed by atoms with E-state index in [0.717, 1.165) is 12.8 Å². The Labute approximate surface area is 134 Å². The van der Waals surface area contributed by atoms with Gasteiger partial charge in [-0.2, -0.15) is 0 Å². The van der Waals surface area contributed by atoms with Gasteiger partial charge in [0.25, 0.3) is 0 Å². The molecule has 1 saturated carbocycles. The first-order valence-corrected chi connectivity index (χ1v) is 7.84. The lowest BCUT2D eigenvalue weighted by Crippen LogP contribution is -2.37. The second-order valence-corrected chi connectivity index (χ2v) is 5.96. The van der Waals surface area contributed by atoms with E-state index in [2.05, 4.69) is 5.32 Å². The Balaban J connectivity index is 1.74. The minimum Gasteiger partial charge on any atom is -0.491 e. The van der Waals surface area contributed by atoms with E-state index in [1.165, 1.54) is 0 Å². The van der Waals surface area contributed by atoms with Gasteiger partial charge in [0.05, 0.1) is 18.1 Å². The highest BCUT2D eigenvalue weighted by Gasteiger charge is 2.31. The molecule has 0 bridgehead atoms. The summed E-state index contributed by atoms with van der Waals surface area (Å²) in [5.41, 5.74) is 0. The largest absolute Gasteiger partial charge is 0.491 e. The molecule has 21 heavy (non-hydrogen) atoms. The number of carbonyl (C=O) groups is 1. The van der Waals surface area contributed by atoms with Crippen LogP contribution in [0.4, 0.5) is 0 Å². The van der Waals surface area contributed by atoms with Crippen LogP contribution in [-0.2, 0) is 4.79 Å². The number of rotatable bonds is 8. The van der Waals surface area contributed by atoms with Crippen LogP contribution in [0.15, 0.2) is 18.2 Å². The van der Waals surface area contributed by atoms with Crippen LogP contribution in [-0.4, -0.2) is 30.3 Å². The molecule has 0 spiro atoms. The van der Waals surface area contributed by atoms with Crippen LogP contribution in [0.1, 0.15) is 25.7 Å². The third-order valence-electron chi connectivity index (χ3n) is 3.48. The van der Waals surface area contributed by atoms with Crippen molar-refractivity contribution in [3.05, 3.63) is 28.2 Å². The summed E-state index contributed by atoms with van der Waals surface area (Å²) in [4.78, 5) is 11.9. The van der Waals surface area contributed by atoms with Crippen LogP contribution in [0, 0.1) is 5.92 Å². The molecular weight excluding hydrogens is 313 g/mol. The molecule has 1 fully saturated rings. The molecule has 2 N–H and O–H groups in total. The number of nitrogens with one attached hydrogen (secondary N) is 1. The lowest BCUT2D eigenvalue weighted by atomic mass is 10.1. The fraction of sp³-hybridized carbons (Fsp3) is 0.533. The molecule has 1 aliphatic carbocycles. The number of benzene rings is 1. The fourth-order valence-electron chi connectivity index (χ4n) is 2.19. The van der Waals surface area contributed by atoms with Crippen molar-refractivity contribution in [2.24, 2.45) is 5.92 Å². The molecule has 0 aliphatic heterocycles. The molecule has 1 unspecified atom stereocenters. The van der Waals surface area contributed by atoms with Gasteiger partial charge >= 0.3 is 0 Å². The molecule has 0 aromatic heterocycles. The van der Waals surface area contributed by atoms with Crippen molar-refractivity contribution in [3.63, 3.8) is 0 Å². The summed E-state index contributed by atoms with van der Waals surface area (Å²) in [5, 5.41) is 12.7. The molecule has 6 heteroatoms. The molecule has 2 rings (SSSR count). The molecule has 1 aromatic carbocycles. The quantitative estimate of drug-likeness (QED) is 0.769. The highest BCUT2D eigenvalue weighted by atomic mass is 35.5. The van der Waals surface area contributed by atoms with Gasteiger partial charge in [-0.25, -0.2) is 0 Å². The normalized spacial score (nSPS) is 15.6. The van der Waals surface area contributed by atoms with E-state index in [1.807, 2.05) is 0 Å². The number of ether oxygens (including phenoxy) is 1. The van der Waals surface area contributed by atoms with Gasteiger partial charge in [0.1, 0.15) is 10.8 Å². The Bertz CT molecular complexity index is 492. The Hall–Kier alpha value is -0.970. The van der Waals surface area contributed by atoms with Crippen molar-refractivity contribution in [2.75, 3.05) is 13.2 Å². The first kappa shape index (κ1) is 16.4. The van der Waals surface area contributed by atoms with Gasteiger partial charge in [-0.05, 0) is 37.3 Å². The van der Waals surface area contributed by atoms with Crippen molar-refractivity contribution in [1.82, 2.24) is 5.32 Å². The van der Waals surface area contributed by atoms with Gasteiger partial charge in [0.2, 0.25) is 5.91 Å². The standard InChI is InChI=1S/C15H19Cl2NO3/c16-11-2-1-3-13(15(11)17)21-9-7-14(20)18-12(6-8-19)10-4-5-10/h1-3,10,12,19H,4-9H2,(H,18,20). The van der Waals surface area contributed by atoms with Gasteiger partial charge in [0.15, 0.2) is 0 Å². The van der Waals surface area contributed by atoms with Gasteiger partial charge in [-0.3, -0.25) is 4.79 Å². The molecule has 0 saturated heterocycles. The molecule has 116 valence electrons. The minimum absolute atomic E-state index is 0.0708. The fourth-order valence-corrected chi connectivity index (χ4v) is 2.54. The van der Waals surface area contributed by atoms with Crippen molar-refractivity contribution in [2.45, 2.75) is 31.7 Å². The number of aliphatic hydroxyl groups is 1. The van der Waals surface area contributed by atoms with Crippen LogP contribution in [0.25, 0.3) is 0 Å². The van der Waals surface area contributed by atoms with Crippen LogP contribution in [0.2, 0.25) is 10.0 Å². The van der Waals surface area contributed by atoms with Crippen LogP contribution < -0.4 is 10.1 Å². The van der Waals surface area contributed by atoms with E-state index in [9.17, 15) is 4.79 Å². The monoisotopic (exact) mass is 331 g/mol. The number of amides is 1. The SMILES string of the molecule is O=C(CCOc1cccc(Cl)c1Cl)NC(CCO)C1CC1. The number of carbonyl (C=O) groups excluding carboxylic acids is 1. The van der Waals surface area contributed by atoms with E-state index in [4.69, 9.17) is 33.0 Å². The van der Waals surface area contributed by atoms with Crippen molar-refractivity contribution in [1.29, 1.82) is 0 Å². The van der Waals surface area contributed by atoms with E-state index in [0.29, 0.717) is 28.1 Å². The molecule has 4 nitrogen and oxygen atoms in total. The average Bonchev–Trinajstić information content (AvgIpc) is 3.27. The Kier molecular flexibility index (Phi) is 6.15. The number of hydrogen-bond acceptors (Lipinski definition) is 3. The smallest absolute Gasteiger partial charge is 0.223 e. The molecule has 0 heterocycles. The highest BCUT2D eigenvalue weighted by Crippen LogP contribution is 2.34. The summed E-state index contributed by atoms with van der Waals surface area (Å²) >= 11 is 11.9. The summed E-state index contributed by atoms with van der Waals surface area (Å²) in [6.07, 6.45) is 3.11. The Morgan fingerprint density at radius 2 is 2.19 bits per heavy atom. The third-order valence-corrected chi connectivity index (χ3v) is 4.28. The first-order valence-electron chi connectivity index (χ1n) is 7.09. The zero-order valence-electron chi connectivity index (χ0n) is 11.6. The van der Waals surface area contributed by atoms with E-state index in [-0.39, 0.29) is 31.6 Å². The van der Waals surface area contributed by atoms with Gasteiger partial charge in [-0.1, -0.05) is 29.3 Å². The first-order chi connectivity index (χ1) is 10.1. The van der Waals surface area contributed by atoms with Gasteiger partial charge in [-0.15, -0.1) is 0 Å². The number of aliphatic hydroxyl groups excluding tert-OH is 1. The minimum atomic E-state index is -0.0708. The molecule has 1 aromatic rings. The molecule has 1 aliphatic rings. The third kappa shape index (κ3) is 5.06. The highest BCUT2D eigenvalue weighted by molar-refractivity contribution is 6.42. The predicted molar refractivity (Wildman–Crippen MR) is 82.9 cm³/mol. The molecule has 1 atom stereocenters. The van der Waals surface area contributed by atoms with Crippen molar-refractivity contribution < 1.29 is 14.6 Å². The van der Waals surface area contributed by atoms with Crippen LogP contribution in [0.3, 0.4) is 0 Å². The van der Waals surface area contributed by atoms with E-state index < -0.39 is 0 Å². The maximum atomic E-state index is 11.9. The summed E-state index contributed by atoms with van der Waals surface area (Å²) in [7, 11) is 0. The number of hydrogen-bond donors (Lipinski definition) is 2. The summed E-state index contributed by atoms with van der Waals surface area (Å²) in [6, 6.07) is 5.22. The maximum absolute atomic E-state index is 11.9. The second kappa shape index (κ2) is 7.87. The summed E-state index contributed by atoms with van der Waals surface area (Å²) in [5.74, 6) is 0.925. The summed E-state index contributed by atoms with van der Waals surface area (Å²) < 4.78 is 5.48. The molecular formula is C15H19Cl2NO3. The summed E-state index contributed by atoms with van der Waals surface area (Å²) in [6.45, 7) is 0.332. The van der Waals surface area contributed by atoms with Crippen LogP contribution >= 0.6 is 23.2 Å². The zero-order valence-corrected chi connectivity index (χ0v) is 13.2. The van der Waals surface area contributed by atoms with Crippen molar-refractivity contribution >= 4 is 29.1 Å². The van der Waals surface area contributed by atoms with Gasteiger partial charge in [0, 0.05) is 12.6 Å². The zero-order chi connectivity index (χ0) is 15.2. The molecule has 0 radical (unpaired) electrons. The lowest BCUT2D eigenvalue weighted by molar-refractivity contribution is -0.122. The predicted octanol–water partition coefficient (Wildman–Crippen LogP) is 3.04. The Morgan fingerprint density at radius 3 is 2.86 bits per heavy atom. The maximum Gasteiger partial charge on any atom is 0.223 e. The molecule has 1 amide bonds.